The maximum absolute atomic E-state index is 12.9. The van der Waals surface area contributed by atoms with Gasteiger partial charge in [-0.05, 0) is 48.5 Å². The Balaban J connectivity index is 1.74. The highest BCUT2D eigenvalue weighted by Gasteiger charge is 2.20. The fourth-order valence-corrected chi connectivity index (χ4v) is 3.95. The number of sulfone groups is 1. The largest absolute Gasteiger partial charge is 0.493 e. The summed E-state index contributed by atoms with van der Waals surface area (Å²) >= 11 is 0. The fourth-order valence-electron chi connectivity index (χ4n) is 3.32. The van der Waals surface area contributed by atoms with Gasteiger partial charge in [0.15, 0.2) is 27.0 Å². The van der Waals surface area contributed by atoms with E-state index in [-0.39, 0.29) is 22.1 Å². The SMILES string of the molecule is COc1cc(C=O)ccc1OC(=O)c1cc(-c2ccccc2)n(-c2ccc(S(C)(=O)=O)cc2)n1. The van der Waals surface area contributed by atoms with Crippen LogP contribution in [0.25, 0.3) is 16.9 Å². The van der Waals surface area contributed by atoms with Gasteiger partial charge in [-0.1, -0.05) is 30.3 Å². The Morgan fingerprint density at radius 1 is 0.941 bits per heavy atom. The molecule has 0 aliphatic rings. The van der Waals surface area contributed by atoms with Crippen molar-refractivity contribution in [2.45, 2.75) is 4.90 Å². The summed E-state index contributed by atoms with van der Waals surface area (Å²) < 4.78 is 35.9. The van der Waals surface area contributed by atoms with Crippen molar-refractivity contribution >= 4 is 22.1 Å². The van der Waals surface area contributed by atoms with Gasteiger partial charge in [-0.2, -0.15) is 5.10 Å². The molecule has 34 heavy (non-hydrogen) atoms. The molecular formula is C25H20N2O6S. The molecule has 9 heteroatoms. The lowest BCUT2D eigenvalue weighted by Gasteiger charge is -2.09. The Kier molecular flexibility index (Phi) is 6.29. The highest BCUT2D eigenvalue weighted by Crippen LogP contribution is 2.30. The third-order valence-electron chi connectivity index (χ3n) is 5.02. The van der Waals surface area contributed by atoms with Crippen LogP contribution in [0.5, 0.6) is 11.5 Å². The van der Waals surface area contributed by atoms with Crippen molar-refractivity contribution < 1.29 is 27.5 Å². The van der Waals surface area contributed by atoms with E-state index in [4.69, 9.17) is 9.47 Å². The molecule has 8 nitrogen and oxygen atoms in total. The number of rotatable bonds is 7. The summed E-state index contributed by atoms with van der Waals surface area (Å²) in [5.74, 6) is -0.343. The molecule has 1 aromatic heterocycles. The van der Waals surface area contributed by atoms with Crippen LogP contribution >= 0.6 is 0 Å². The molecule has 0 saturated carbocycles. The number of hydrogen-bond donors (Lipinski definition) is 0. The van der Waals surface area contributed by atoms with Crippen LogP contribution in [0.1, 0.15) is 20.8 Å². The Bertz CT molecular complexity index is 1460. The summed E-state index contributed by atoms with van der Waals surface area (Å²) in [5, 5.41) is 4.43. The number of esters is 1. The molecular weight excluding hydrogens is 456 g/mol. The van der Waals surface area contributed by atoms with E-state index >= 15 is 0 Å². The molecule has 0 atom stereocenters. The van der Waals surface area contributed by atoms with Gasteiger partial charge >= 0.3 is 5.97 Å². The second-order valence-electron chi connectivity index (χ2n) is 7.38. The van der Waals surface area contributed by atoms with Gasteiger partial charge in [-0.15, -0.1) is 0 Å². The minimum Gasteiger partial charge on any atom is -0.493 e. The zero-order chi connectivity index (χ0) is 24.3. The van der Waals surface area contributed by atoms with Gasteiger partial charge in [0.2, 0.25) is 0 Å². The van der Waals surface area contributed by atoms with Crippen LogP contribution in [0.2, 0.25) is 0 Å². The monoisotopic (exact) mass is 476 g/mol. The number of aldehydes is 1. The van der Waals surface area contributed by atoms with E-state index in [1.54, 1.807) is 22.9 Å². The van der Waals surface area contributed by atoms with Gasteiger partial charge < -0.3 is 9.47 Å². The zero-order valence-electron chi connectivity index (χ0n) is 18.3. The number of methoxy groups -OCH3 is 1. The van der Waals surface area contributed by atoms with E-state index in [0.29, 0.717) is 23.2 Å². The third-order valence-corrected chi connectivity index (χ3v) is 6.15. The van der Waals surface area contributed by atoms with Gasteiger partial charge in [0.25, 0.3) is 0 Å². The molecule has 0 unspecified atom stereocenters. The van der Waals surface area contributed by atoms with Gasteiger partial charge in [0.1, 0.15) is 6.29 Å². The van der Waals surface area contributed by atoms with E-state index in [1.165, 1.54) is 37.4 Å². The number of nitrogens with zero attached hydrogens (tertiary/aromatic N) is 2. The summed E-state index contributed by atoms with van der Waals surface area (Å²) in [6.07, 6.45) is 1.80. The summed E-state index contributed by atoms with van der Waals surface area (Å²) in [7, 11) is -1.95. The maximum Gasteiger partial charge on any atom is 0.364 e. The number of carbonyl (C=O) groups excluding carboxylic acids is 2. The Morgan fingerprint density at radius 3 is 2.26 bits per heavy atom. The third kappa shape index (κ3) is 4.74. The molecule has 0 saturated heterocycles. The van der Waals surface area contributed by atoms with Crippen LogP contribution in [0.15, 0.2) is 83.8 Å². The van der Waals surface area contributed by atoms with Crippen LogP contribution in [0.4, 0.5) is 0 Å². The van der Waals surface area contributed by atoms with Gasteiger partial charge in [-0.3, -0.25) is 4.79 Å². The average molecular weight is 477 g/mol. The van der Waals surface area contributed by atoms with Gasteiger partial charge in [-0.25, -0.2) is 17.9 Å². The van der Waals surface area contributed by atoms with Gasteiger partial charge in [0.05, 0.1) is 23.4 Å². The fraction of sp³-hybridized carbons (Fsp3) is 0.0800. The van der Waals surface area contributed by atoms with Crippen LogP contribution in [-0.2, 0) is 9.84 Å². The van der Waals surface area contributed by atoms with Crippen molar-refractivity contribution in [2.24, 2.45) is 0 Å². The average Bonchev–Trinajstić information content (AvgIpc) is 3.30. The van der Waals surface area contributed by atoms with E-state index < -0.39 is 15.8 Å². The van der Waals surface area contributed by atoms with Crippen LogP contribution in [-0.4, -0.2) is 43.8 Å². The molecule has 172 valence electrons. The number of hydrogen-bond acceptors (Lipinski definition) is 7. The highest BCUT2D eigenvalue weighted by molar-refractivity contribution is 7.90. The molecule has 0 bridgehead atoms. The van der Waals surface area contributed by atoms with Crippen molar-refractivity contribution in [1.29, 1.82) is 0 Å². The number of carbonyl (C=O) groups is 2. The number of benzene rings is 3. The minimum atomic E-state index is -3.36. The predicted octanol–water partition coefficient (Wildman–Crippen LogP) is 3.98. The zero-order valence-corrected chi connectivity index (χ0v) is 19.2. The topological polar surface area (TPSA) is 105 Å². The van der Waals surface area contributed by atoms with Crippen LogP contribution < -0.4 is 9.47 Å². The van der Waals surface area contributed by atoms with E-state index in [9.17, 15) is 18.0 Å². The Morgan fingerprint density at radius 2 is 1.65 bits per heavy atom. The smallest absolute Gasteiger partial charge is 0.364 e. The molecule has 4 rings (SSSR count). The first-order valence-electron chi connectivity index (χ1n) is 10.1. The molecule has 0 N–H and O–H groups in total. The Hall–Kier alpha value is -4.24. The van der Waals surface area contributed by atoms with Gasteiger partial charge in [0, 0.05) is 17.4 Å². The first kappa shape index (κ1) is 22.9. The summed E-state index contributed by atoms with van der Waals surface area (Å²) in [6, 6.07) is 21.6. The Labute approximate surface area is 196 Å². The predicted molar refractivity (Wildman–Crippen MR) is 125 cm³/mol. The second-order valence-corrected chi connectivity index (χ2v) is 9.39. The van der Waals surface area contributed by atoms with Crippen molar-refractivity contribution in [3.8, 4) is 28.4 Å². The molecule has 0 radical (unpaired) electrons. The standard InChI is InChI=1S/C25H20N2O6S/c1-32-24-14-17(16-28)8-13-23(24)33-25(29)21-15-22(18-6-4-3-5-7-18)27(26-21)19-9-11-20(12-10-19)34(2,30)31/h3-16H,1-2H3. The molecule has 0 fully saturated rings. The molecule has 4 aromatic rings. The molecule has 0 spiro atoms. The number of ether oxygens (including phenoxy) is 2. The molecule has 0 aliphatic heterocycles. The molecule has 0 amide bonds. The molecule has 3 aromatic carbocycles. The summed E-state index contributed by atoms with van der Waals surface area (Å²) in [4.78, 5) is 24.1. The van der Waals surface area contributed by atoms with Crippen molar-refractivity contribution in [3.63, 3.8) is 0 Å². The lowest BCUT2D eigenvalue weighted by Crippen LogP contribution is -2.11. The van der Waals surface area contributed by atoms with E-state index in [0.717, 1.165) is 11.8 Å². The summed E-state index contributed by atoms with van der Waals surface area (Å²) in [5.41, 5.74) is 2.40. The highest BCUT2D eigenvalue weighted by atomic mass is 32.2. The first-order chi connectivity index (χ1) is 16.3. The summed E-state index contributed by atoms with van der Waals surface area (Å²) in [6.45, 7) is 0. The normalized spacial score (nSPS) is 11.1. The molecule has 1 heterocycles. The van der Waals surface area contributed by atoms with Crippen molar-refractivity contribution in [2.75, 3.05) is 13.4 Å². The first-order valence-corrected chi connectivity index (χ1v) is 12.0. The van der Waals surface area contributed by atoms with Crippen LogP contribution in [0, 0.1) is 0 Å². The van der Waals surface area contributed by atoms with Crippen molar-refractivity contribution in [3.05, 3.63) is 90.1 Å². The molecule has 0 aliphatic carbocycles. The van der Waals surface area contributed by atoms with Crippen molar-refractivity contribution in [1.82, 2.24) is 9.78 Å². The maximum atomic E-state index is 12.9. The minimum absolute atomic E-state index is 0.0348. The lowest BCUT2D eigenvalue weighted by atomic mass is 10.1. The second kappa shape index (κ2) is 9.32. The quantitative estimate of drug-likeness (QED) is 0.226. The number of aromatic nitrogens is 2. The van der Waals surface area contributed by atoms with Crippen LogP contribution in [0.3, 0.4) is 0 Å². The van der Waals surface area contributed by atoms with E-state index in [2.05, 4.69) is 5.10 Å². The lowest BCUT2D eigenvalue weighted by molar-refractivity contribution is 0.0723. The van der Waals surface area contributed by atoms with E-state index in [1.807, 2.05) is 30.3 Å².